The summed E-state index contributed by atoms with van der Waals surface area (Å²) in [5, 5.41) is 58.4. The standard InChI is InChI=1S/C24H47N7O10/c25-6-11-15(31-22(37)8-1-3-30-4-2-8)17(34)14(29)23(38-11)40-20-9(26)5-10(27)21(19(20)36)41-24-18(35)13(28)16(33)12(7-32)39-24/h8-21,23-24,30,32-36H,1-7,25-29H2,(H,31,37)/t9-,10+,11+,12+,13-,14+,15+,16+,17+,18+,19-,20+,21-,23+,24+/m0/s1. The zero-order valence-corrected chi connectivity index (χ0v) is 22.9. The van der Waals surface area contributed by atoms with Crippen LogP contribution >= 0.6 is 0 Å². The van der Waals surface area contributed by atoms with E-state index in [-0.39, 0.29) is 24.8 Å². The van der Waals surface area contributed by atoms with Gasteiger partial charge < -0.3 is 83.8 Å². The van der Waals surface area contributed by atoms with Crippen LogP contribution in [-0.2, 0) is 23.7 Å². The van der Waals surface area contributed by atoms with Crippen molar-refractivity contribution in [2.45, 2.75) is 111 Å². The largest absolute Gasteiger partial charge is 0.394 e. The predicted octanol–water partition coefficient (Wildman–Crippen LogP) is -7.20. The van der Waals surface area contributed by atoms with Gasteiger partial charge >= 0.3 is 0 Å². The molecular formula is C24H47N7O10. The SMILES string of the molecule is NC[C@H]1O[C@H](O[C@H]2[C@H](O)[C@@H](O[C@H]3O[C@H](CO)[C@@H](O)[C@H](N)[C@H]3O)[C@H](N)C[C@@H]2N)[C@H](N)[C@@H](O)[C@@H]1NC(=O)C1CCNCC1. The van der Waals surface area contributed by atoms with Gasteiger partial charge in [-0.1, -0.05) is 0 Å². The molecule has 17 N–H and O–H groups in total. The Balaban J connectivity index is 1.42. The summed E-state index contributed by atoms with van der Waals surface area (Å²) in [6.45, 7) is 0.793. The first kappa shape index (κ1) is 32.8. The van der Waals surface area contributed by atoms with Crippen LogP contribution in [0, 0.1) is 5.92 Å². The van der Waals surface area contributed by atoms with E-state index in [9.17, 15) is 30.3 Å². The summed E-state index contributed by atoms with van der Waals surface area (Å²) >= 11 is 0. The molecule has 0 unspecified atom stereocenters. The summed E-state index contributed by atoms with van der Waals surface area (Å²) in [6, 6.07) is -4.82. The molecular weight excluding hydrogens is 546 g/mol. The number of carbonyl (C=O) groups is 1. The van der Waals surface area contributed by atoms with E-state index in [1.165, 1.54) is 0 Å². The van der Waals surface area contributed by atoms with Gasteiger partial charge in [0, 0.05) is 24.5 Å². The van der Waals surface area contributed by atoms with Crippen LogP contribution in [0.5, 0.6) is 0 Å². The number of amides is 1. The highest BCUT2D eigenvalue weighted by Gasteiger charge is 2.51. The molecule has 41 heavy (non-hydrogen) atoms. The summed E-state index contributed by atoms with van der Waals surface area (Å²) in [5.74, 6) is -0.425. The van der Waals surface area contributed by atoms with Crippen LogP contribution in [0.25, 0.3) is 0 Å². The third-order valence-corrected chi connectivity index (χ3v) is 8.62. The molecule has 0 aromatic rings. The van der Waals surface area contributed by atoms with E-state index in [0.29, 0.717) is 12.8 Å². The Hall–Kier alpha value is -1.13. The van der Waals surface area contributed by atoms with Crippen molar-refractivity contribution < 1.29 is 49.3 Å². The minimum absolute atomic E-state index is 0.0638. The number of carbonyl (C=O) groups excluding carboxylic acids is 1. The number of rotatable bonds is 8. The van der Waals surface area contributed by atoms with E-state index in [1.807, 2.05) is 0 Å². The Morgan fingerprint density at radius 1 is 0.829 bits per heavy atom. The lowest BCUT2D eigenvalue weighted by atomic mass is 9.84. The molecule has 0 radical (unpaired) electrons. The van der Waals surface area contributed by atoms with E-state index < -0.39 is 98.2 Å². The lowest BCUT2D eigenvalue weighted by Gasteiger charge is -2.49. The number of piperidine rings is 1. The Morgan fingerprint density at radius 2 is 1.41 bits per heavy atom. The quantitative estimate of drug-likeness (QED) is 0.124. The maximum absolute atomic E-state index is 12.8. The third kappa shape index (κ3) is 7.00. The molecule has 238 valence electrons. The zero-order valence-electron chi connectivity index (χ0n) is 22.9. The van der Waals surface area contributed by atoms with Crippen LogP contribution in [0.15, 0.2) is 0 Å². The summed E-state index contributed by atoms with van der Waals surface area (Å²) in [5.41, 5.74) is 30.6. The molecule has 1 saturated carbocycles. The topological polar surface area (TPSA) is 309 Å². The van der Waals surface area contributed by atoms with Gasteiger partial charge in [-0.3, -0.25) is 4.79 Å². The summed E-state index contributed by atoms with van der Waals surface area (Å²) in [7, 11) is 0. The van der Waals surface area contributed by atoms with Crippen molar-refractivity contribution in [3.8, 4) is 0 Å². The second kappa shape index (κ2) is 14.1. The van der Waals surface area contributed by atoms with Crippen molar-refractivity contribution in [1.29, 1.82) is 0 Å². The van der Waals surface area contributed by atoms with Crippen LogP contribution in [-0.4, -0.2) is 149 Å². The summed E-state index contributed by atoms with van der Waals surface area (Å²) < 4.78 is 23.3. The maximum atomic E-state index is 12.8. The van der Waals surface area contributed by atoms with E-state index >= 15 is 0 Å². The monoisotopic (exact) mass is 593 g/mol. The Labute approximate surface area is 237 Å². The smallest absolute Gasteiger partial charge is 0.223 e. The summed E-state index contributed by atoms with van der Waals surface area (Å²) in [6.07, 6.45) is -11.1. The van der Waals surface area contributed by atoms with Crippen molar-refractivity contribution in [2.75, 3.05) is 26.2 Å². The van der Waals surface area contributed by atoms with Gasteiger partial charge in [0.05, 0.1) is 36.9 Å². The normalized spacial score (nSPS) is 48.1. The zero-order chi connectivity index (χ0) is 30.0. The molecule has 1 amide bonds. The number of nitrogens with one attached hydrogen (secondary N) is 2. The van der Waals surface area contributed by atoms with Crippen LogP contribution < -0.4 is 39.3 Å². The minimum atomic E-state index is -1.49. The fraction of sp³-hybridized carbons (Fsp3) is 0.958. The molecule has 17 nitrogen and oxygen atoms in total. The van der Waals surface area contributed by atoms with Gasteiger partial charge in [-0.25, -0.2) is 0 Å². The van der Waals surface area contributed by atoms with E-state index in [4.69, 9.17) is 47.6 Å². The molecule has 0 aromatic heterocycles. The van der Waals surface area contributed by atoms with Gasteiger partial charge in [0.15, 0.2) is 12.6 Å². The van der Waals surface area contributed by atoms with E-state index in [2.05, 4.69) is 10.6 Å². The lowest BCUT2D eigenvalue weighted by molar-refractivity contribution is -0.315. The van der Waals surface area contributed by atoms with Crippen LogP contribution in [0.1, 0.15) is 19.3 Å². The fourth-order valence-corrected chi connectivity index (χ4v) is 6.01. The molecule has 1 aliphatic carbocycles. The Morgan fingerprint density at radius 3 is 2.00 bits per heavy atom. The second-order valence-electron chi connectivity index (χ2n) is 11.4. The van der Waals surface area contributed by atoms with Crippen molar-refractivity contribution in [3.63, 3.8) is 0 Å². The van der Waals surface area contributed by atoms with E-state index in [1.54, 1.807) is 0 Å². The van der Waals surface area contributed by atoms with Crippen molar-refractivity contribution in [1.82, 2.24) is 10.6 Å². The van der Waals surface area contributed by atoms with Crippen LogP contribution in [0.3, 0.4) is 0 Å². The summed E-state index contributed by atoms with van der Waals surface area (Å²) in [4.78, 5) is 12.8. The molecule has 3 saturated heterocycles. The van der Waals surface area contributed by atoms with Gasteiger partial charge in [0.1, 0.15) is 36.6 Å². The number of hydrogen-bond acceptors (Lipinski definition) is 16. The number of aliphatic hydroxyl groups excluding tert-OH is 5. The fourth-order valence-electron chi connectivity index (χ4n) is 6.01. The molecule has 0 aromatic carbocycles. The number of nitrogens with two attached hydrogens (primary N) is 5. The highest BCUT2D eigenvalue weighted by atomic mass is 16.7. The third-order valence-electron chi connectivity index (χ3n) is 8.62. The van der Waals surface area contributed by atoms with Gasteiger partial charge in [-0.05, 0) is 32.4 Å². The predicted molar refractivity (Wildman–Crippen MR) is 141 cm³/mol. The number of hydrogen-bond donors (Lipinski definition) is 12. The molecule has 4 rings (SSSR count). The second-order valence-corrected chi connectivity index (χ2v) is 11.4. The molecule has 0 bridgehead atoms. The van der Waals surface area contributed by atoms with Gasteiger partial charge in [0.25, 0.3) is 0 Å². The van der Waals surface area contributed by atoms with Crippen molar-refractivity contribution in [2.24, 2.45) is 34.6 Å². The van der Waals surface area contributed by atoms with Gasteiger partial charge in [0.2, 0.25) is 5.91 Å². The van der Waals surface area contributed by atoms with Gasteiger partial charge in [-0.15, -0.1) is 0 Å². The highest BCUT2D eigenvalue weighted by molar-refractivity contribution is 5.79. The van der Waals surface area contributed by atoms with Crippen LogP contribution in [0.2, 0.25) is 0 Å². The highest BCUT2D eigenvalue weighted by Crippen LogP contribution is 2.31. The molecule has 17 heteroatoms. The average molecular weight is 594 g/mol. The lowest BCUT2D eigenvalue weighted by Crippen LogP contribution is -2.71. The maximum Gasteiger partial charge on any atom is 0.223 e. The first-order valence-electron chi connectivity index (χ1n) is 14.2. The average Bonchev–Trinajstić information content (AvgIpc) is 2.96. The first-order chi connectivity index (χ1) is 19.5. The Bertz CT molecular complexity index is 856. The van der Waals surface area contributed by atoms with E-state index in [0.717, 1.165) is 13.1 Å². The molecule has 3 aliphatic heterocycles. The molecule has 3 heterocycles. The molecule has 4 aliphatic rings. The first-order valence-corrected chi connectivity index (χ1v) is 14.2. The Kier molecular flexibility index (Phi) is 11.3. The van der Waals surface area contributed by atoms with Gasteiger partial charge in [-0.2, -0.15) is 0 Å². The van der Waals surface area contributed by atoms with Crippen molar-refractivity contribution >= 4 is 5.91 Å². The molecule has 0 spiro atoms. The minimum Gasteiger partial charge on any atom is -0.394 e. The number of aliphatic hydroxyl groups is 5. The van der Waals surface area contributed by atoms with Crippen molar-refractivity contribution in [3.05, 3.63) is 0 Å². The van der Waals surface area contributed by atoms with Crippen LogP contribution in [0.4, 0.5) is 0 Å². The number of ether oxygens (including phenoxy) is 4. The molecule has 4 fully saturated rings. The molecule has 15 atom stereocenters.